The highest BCUT2D eigenvalue weighted by Crippen LogP contribution is 2.27. The van der Waals surface area contributed by atoms with Crippen molar-refractivity contribution >= 4 is 5.97 Å². The number of nitrogens with two attached hydrogens (primary N) is 1. The number of pyridine rings is 1. The molecule has 17 heavy (non-hydrogen) atoms. The highest BCUT2D eigenvalue weighted by Gasteiger charge is 2.33. The lowest BCUT2D eigenvalue weighted by atomic mass is 10.1. The van der Waals surface area contributed by atoms with E-state index in [0.29, 0.717) is 0 Å². The molecule has 1 aromatic rings. The smallest absolute Gasteiger partial charge is 0.478 e. The Balaban J connectivity index is 3.33. The van der Waals surface area contributed by atoms with Crippen molar-refractivity contribution in [2.45, 2.75) is 19.8 Å². The van der Waals surface area contributed by atoms with Crippen molar-refractivity contribution in [3.05, 3.63) is 22.9 Å². The van der Waals surface area contributed by atoms with E-state index in [-0.39, 0.29) is 16.8 Å². The number of carboxylic acids is 1. The Hall–Kier alpha value is -1.83. The van der Waals surface area contributed by atoms with E-state index in [9.17, 15) is 18.0 Å². The third-order valence-electron chi connectivity index (χ3n) is 1.86. The van der Waals surface area contributed by atoms with E-state index in [1.54, 1.807) is 0 Å². The summed E-state index contributed by atoms with van der Waals surface area (Å²) < 4.78 is 39.9. The molecule has 0 aliphatic carbocycles. The predicted octanol–water partition coefficient (Wildman–Crippen LogP) is 1.45. The molecule has 0 aliphatic rings. The van der Waals surface area contributed by atoms with E-state index in [1.807, 2.05) is 0 Å². The third-order valence-corrected chi connectivity index (χ3v) is 1.86. The maximum Gasteiger partial charge on any atom is 0.574 e. The molecule has 0 unspecified atom stereocenters. The normalized spacial score (nSPS) is 11.4. The van der Waals surface area contributed by atoms with Gasteiger partial charge in [0.05, 0.1) is 5.56 Å². The molecule has 1 rings (SSSR count). The average molecular weight is 250 g/mol. The van der Waals surface area contributed by atoms with Gasteiger partial charge in [-0.15, -0.1) is 13.2 Å². The standard InChI is InChI=1S/C9H9F3N2O3/c1-4-2-5(8(15)16)6(3-13)7(14-4)17-9(10,11)12/h2H,3,13H2,1H3,(H,15,16). The molecule has 5 nitrogen and oxygen atoms in total. The van der Waals surface area contributed by atoms with Crippen LogP contribution in [0.4, 0.5) is 13.2 Å². The van der Waals surface area contributed by atoms with Crippen LogP contribution in [-0.4, -0.2) is 22.4 Å². The van der Waals surface area contributed by atoms with Crippen LogP contribution < -0.4 is 10.5 Å². The van der Waals surface area contributed by atoms with Gasteiger partial charge in [0, 0.05) is 17.8 Å². The first-order valence-electron chi connectivity index (χ1n) is 4.44. The van der Waals surface area contributed by atoms with Crippen molar-refractivity contribution < 1.29 is 27.8 Å². The zero-order chi connectivity index (χ0) is 13.2. The van der Waals surface area contributed by atoms with Gasteiger partial charge in [-0.2, -0.15) is 0 Å². The molecular formula is C9H9F3N2O3. The summed E-state index contributed by atoms with van der Waals surface area (Å²) in [5.74, 6) is -2.21. The van der Waals surface area contributed by atoms with Gasteiger partial charge in [-0.1, -0.05) is 0 Å². The number of ether oxygens (including phenoxy) is 1. The fourth-order valence-corrected chi connectivity index (χ4v) is 1.25. The largest absolute Gasteiger partial charge is 0.574 e. The number of carbonyl (C=O) groups is 1. The minimum Gasteiger partial charge on any atom is -0.478 e. The summed E-state index contributed by atoms with van der Waals surface area (Å²) in [7, 11) is 0. The Morgan fingerprint density at radius 1 is 1.59 bits per heavy atom. The second kappa shape index (κ2) is 4.58. The van der Waals surface area contributed by atoms with E-state index < -0.39 is 24.8 Å². The summed E-state index contributed by atoms with van der Waals surface area (Å²) in [5, 5.41) is 8.82. The molecule has 0 radical (unpaired) electrons. The Morgan fingerprint density at radius 3 is 2.59 bits per heavy atom. The van der Waals surface area contributed by atoms with Crippen molar-refractivity contribution in [1.82, 2.24) is 4.98 Å². The lowest BCUT2D eigenvalue weighted by molar-refractivity contribution is -0.276. The molecule has 0 aliphatic heterocycles. The highest BCUT2D eigenvalue weighted by atomic mass is 19.4. The lowest BCUT2D eigenvalue weighted by Gasteiger charge is -2.13. The van der Waals surface area contributed by atoms with Gasteiger partial charge in [0.2, 0.25) is 5.88 Å². The zero-order valence-corrected chi connectivity index (χ0v) is 8.71. The van der Waals surface area contributed by atoms with Crippen LogP contribution in [0.3, 0.4) is 0 Å². The monoisotopic (exact) mass is 250 g/mol. The Morgan fingerprint density at radius 2 is 2.18 bits per heavy atom. The summed E-state index contributed by atoms with van der Waals surface area (Å²) in [5.41, 5.74) is 4.66. The van der Waals surface area contributed by atoms with Crippen molar-refractivity contribution in [2.75, 3.05) is 0 Å². The number of aromatic carboxylic acids is 1. The van der Waals surface area contributed by atoms with E-state index in [0.717, 1.165) is 6.07 Å². The maximum atomic E-state index is 12.1. The quantitative estimate of drug-likeness (QED) is 0.847. The number of hydrogen-bond acceptors (Lipinski definition) is 4. The number of hydrogen-bond donors (Lipinski definition) is 2. The Kier molecular flexibility index (Phi) is 3.56. The molecule has 0 aromatic carbocycles. The van der Waals surface area contributed by atoms with Crippen molar-refractivity contribution in [3.8, 4) is 5.88 Å². The van der Waals surface area contributed by atoms with Gasteiger partial charge >= 0.3 is 12.3 Å². The number of halogens is 3. The van der Waals surface area contributed by atoms with Crippen molar-refractivity contribution in [2.24, 2.45) is 5.73 Å². The van der Waals surface area contributed by atoms with Crippen molar-refractivity contribution in [1.29, 1.82) is 0 Å². The van der Waals surface area contributed by atoms with Crippen LogP contribution in [0.15, 0.2) is 6.07 Å². The number of carboxylic acid groups (broad SMARTS) is 1. The van der Waals surface area contributed by atoms with E-state index in [4.69, 9.17) is 10.8 Å². The summed E-state index contributed by atoms with van der Waals surface area (Å²) >= 11 is 0. The molecule has 0 saturated heterocycles. The Bertz CT molecular complexity index is 446. The first-order valence-corrected chi connectivity index (χ1v) is 4.44. The molecule has 0 spiro atoms. The first-order chi connectivity index (χ1) is 7.74. The fraction of sp³-hybridized carbons (Fsp3) is 0.333. The molecule has 8 heteroatoms. The molecule has 3 N–H and O–H groups in total. The molecule has 0 fully saturated rings. The maximum absolute atomic E-state index is 12.1. The first kappa shape index (κ1) is 13.2. The van der Waals surface area contributed by atoms with E-state index in [2.05, 4.69) is 9.72 Å². The number of nitrogens with zero attached hydrogens (tertiary/aromatic N) is 1. The van der Waals surface area contributed by atoms with Crippen LogP contribution in [0.1, 0.15) is 21.6 Å². The molecule has 1 aromatic heterocycles. The van der Waals surface area contributed by atoms with Crippen LogP contribution in [-0.2, 0) is 6.54 Å². The number of aromatic nitrogens is 1. The second-order valence-corrected chi connectivity index (χ2v) is 3.15. The number of alkyl halides is 3. The number of rotatable bonds is 3. The minimum absolute atomic E-state index is 0.0962. The third kappa shape index (κ3) is 3.31. The number of aryl methyl sites for hydroxylation is 1. The van der Waals surface area contributed by atoms with Gasteiger partial charge in [0.1, 0.15) is 0 Å². The highest BCUT2D eigenvalue weighted by molar-refractivity contribution is 5.90. The molecule has 0 bridgehead atoms. The van der Waals surface area contributed by atoms with Crippen LogP contribution in [0.25, 0.3) is 0 Å². The predicted molar refractivity (Wildman–Crippen MR) is 50.5 cm³/mol. The van der Waals surface area contributed by atoms with E-state index in [1.165, 1.54) is 6.92 Å². The minimum atomic E-state index is -4.94. The average Bonchev–Trinajstić information content (AvgIpc) is 2.14. The van der Waals surface area contributed by atoms with Gasteiger partial charge in [-0.3, -0.25) is 0 Å². The van der Waals surface area contributed by atoms with Gasteiger partial charge in [-0.05, 0) is 13.0 Å². The Labute approximate surface area is 94.0 Å². The zero-order valence-electron chi connectivity index (χ0n) is 8.71. The summed E-state index contributed by atoms with van der Waals surface area (Å²) in [6.07, 6.45) is -4.94. The van der Waals surface area contributed by atoms with Gasteiger partial charge in [0.15, 0.2) is 0 Å². The lowest BCUT2D eigenvalue weighted by Crippen LogP contribution is -2.21. The molecule has 0 amide bonds. The van der Waals surface area contributed by atoms with Crippen LogP contribution in [0, 0.1) is 6.92 Å². The molecule has 1 heterocycles. The SMILES string of the molecule is Cc1cc(C(=O)O)c(CN)c(OC(F)(F)F)n1. The summed E-state index contributed by atoms with van der Waals surface area (Å²) in [4.78, 5) is 14.3. The summed E-state index contributed by atoms with van der Waals surface area (Å²) in [6, 6.07) is 1.13. The molecule has 94 valence electrons. The van der Waals surface area contributed by atoms with Crippen LogP contribution in [0.2, 0.25) is 0 Å². The van der Waals surface area contributed by atoms with E-state index >= 15 is 0 Å². The van der Waals surface area contributed by atoms with Crippen molar-refractivity contribution in [3.63, 3.8) is 0 Å². The van der Waals surface area contributed by atoms with Gasteiger partial charge in [0.25, 0.3) is 0 Å². The molecular weight excluding hydrogens is 241 g/mol. The second-order valence-electron chi connectivity index (χ2n) is 3.15. The summed E-state index contributed by atoms with van der Waals surface area (Å²) in [6.45, 7) is 0.941. The topological polar surface area (TPSA) is 85.4 Å². The van der Waals surface area contributed by atoms with Gasteiger partial charge in [-0.25, -0.2) is 9.78 Å². The van der Waals surface area contributed by atoms with Crippen LogP contribution in [0.5, 0.6) is 5.88 Å². The van der Waals surface area contributed by atoms with Crippen LogP contribution >= 0.6 is 0 Å². The fourth-order valence-electron chi connectivity index (χ4n) is 1.25. The van der Waals surface area contributed by atoms with Gasteiger partial charge < -0.3 is 15.6 Å². The molecule has 0 saturated carbocycles. The molecule has 0 atom stereocenters.